The molecule has 3 rings (SSSR count). The first-order valence-corrected chi connectivity index (χ1v) is 6.83. The molecule has 1 N–H and O–H groups in total. The van der Waals surface area contributed by atoms with Gasteiger partial charge in [-0.3, -0.25) is 9.63 Å². The van der Waals surface area contributed by atoms with Gasteiger partial charge in [-0.15, -0.1) is 0 Å². The first kappa shape index (κ1) is 13.3. The molecule has 0 spiro atoms. The molecule has 0 unspecified atom stereocenters. The van der Waals surface area contributed by atoms with Gasteiger partial charge in [0, 0.05) is 6.54 Å². The predicted molar refractivity (Wildman–Crippen MR) is 65.1 cm³/mol. The molecule has 0 aromatic carbocycles. The molecule has 3 aliphatic heterocycles. The second kappa shape index (κ2) is 4.41. The van der Waals surface area contributed by atoms with Crippen LogP contribution < -0.4 is 0 Å². The Morgan fingerprint density at radius 3 is 2.84 bits per heavy atom. The van der Waals surface area contributed by atoms with E-state index in [1.807, 2.05) is 25.8 Å². The lowest BCUT2D eigenvalue weighted by Gasteiger charge is -2.29. The highest BCUT2D eigenvalue weighted by Gasteiger charge is 2.61. The first-order valence-electron chi connectivity index (χ1n) is 6.83. The monoisotopic (exact) mass is 271 g/mol. The van der Waals surface area contributed by atoms with E-state index in [0.29, 0.717) is 0 Å². The number of hydrogen-bond donors (Lipinski definition) is 1. The summed E-state index contributed by atoms with van der Waals surface area (Å²) in [5, 5.41) is 11.1. The topological polar surface area (TPSA) is 68.2 Å². The van der Waals surface area contributed by atoms with E-state index >= 15 is 0 Å². The highest BCUT2D eigenvalue weighted by atomic mass is 16.7. The van der Waals surface area contributed by atoms with Crippen molar-refractivity contribution in [2.24, 2.45) is 5.92 Å². The summed E-state index contributed by atoms with van der Waals surface area (Å²) in [6.45, 7) is 6.58. The standard InChI is InChI=1S/C13H21NO5/c1-13(2,3)18-7-4-5-14-10(7)9-11(19-14)8(6-15)17-12(9)16/h7-11,15H,4-6H2,1-3H3/t7-,8-,9-,10-,11-/m0/s1. The fourth-order valence-corrected chi connectivity index (χ4v) is 3.30. The minimum atomic E-state index is -0.543. The molecule has 0 saturated carbocycles. The number of rotatable bonds is 2. The third-order valence-corrected chi connectivity index (χ3v) is 3.92. The van der Waals surface area contributed by atoms with Crippen molar-refractivity contribution in [2.75, 3.05) is 13.2 Å². The molecule has 3 saturated heterocycles. The number of nitrogens with zero attached hydrogens (tertiary/aromatic N) is 1. The van der Waals surface area contributed by atoms with Crippen molar-refractivity contribution in [1.82, 2.24) is 5.06 Å². The van der Waals surface area contributed by atoms with Gasteiger partial charge in [0.25, 0.3) is 0 Å². The molecule has 0 amide bonds. The molecule has 19 heavy (non-hydrogen) atoms. The summed E-state index contributed by atoms with van der Waals surface area (Å²) in [6, 6.07) is -0.0896. The van der Waals surface area contributed by atoms with E-state index in [4.69, 9.17) is 14.3 Å². The zero-order chi connectivity index (χ0) is 13.8. The Hall–Kier alpha value is -0.690. The number of hydroxylamine groups is 2. The van der Waals surface area contributed by atoms with Gasteiger partial charge in [-0.25, -0.2) is 0 Å². The number of carbonyl (C=O) groups excluding carboxylic acids is 1. The summed E-state index contributed by atoms with van der Waals surface area (Å²) < 4.78 is 11.2. The number of aliphatic hydroxyl groups excluding tert-OH is 1. The fraction of sp³-hybridized carbons (Fsp3) is 0.923. The Kier molecular flexibility index (Phi) is 3.09. The van der Waals surface area contributed by atoms with Gasteiger partial charge in [-0.05, 0) is 27.2 Å². The van der Waals surface area contributed by atoms with E-state index in [1.165, 1.54) is 0 Å². The van der Waals surface area contributed by atoms with Crippen LogP contribution in [-0.2, 0) is 19.1 Å². The Morgan fingerprint density at radius 2 is 2.21 bits per heavy atom. The lowest BCUT2D eigenvalue weighted by atomic mass is 9.91. The second-order valence-corrected chi connectivity index (χ2v) is 6.44. The van der Waals surface area contributed by atoms with Gasteiger partial charge in [0.05, 0.1) is 24.4 Å². The molecule has 108 valence electrons. The molecule has 0 aliphatic carbocycles. The van der Waals surface area contributed by atoms with Crippen molar-refractivity contribution in [3.63, 3.8) is 0 Å². The van der Waals surface area contributed by atoms with Crippen LogP contribution >= 0.6 is 0 Å². The highest BCUT2D eigenvalue weighted by Crippen LogP contribution is 2.43. The number of fused-ring (bicyclic) bond motifs is 3. The van der Waals surface area contributed by atoms with Gasteiger partial charge in [0.1, 0.15) is 12.0 Å². The first-order chi connectivity index (χ1) is 8.90. The van der Waals surface area contributed by atoms with Crippen molar-refractivity contribution < 1.29 is 24.2 Å². The molecule has 6 nitrogen and oxygen atoms in total. The van der Waals surface area contributed by atoms with E-state index in [-0.39, 0.29) is 42.3 Å². The molecule has 3 heterocycles. The number of carbonyl (C=O) groups is 1. The quantitative estimate of drug-likeness (QED) is 0.718. The van der Waals surface area contributed by atoms with E-state index in [1.54, 1.807) is 0 Å². The van der Waals surface area contributed by atoms with Crippen molar-refractivity contribution in [3.05, 3.63) is 0 Å². The average Bonchev–Trinajstić information content (AvgIpc) is 2.90. The maximum Gasteiger partial charge on any atom is 0.314 e. The largest absolute Gasteiger partial charge is 0.457 e. The summed E-state index contributed by atoms with van der Waals surface area (Å²) in [5.41, 5.74) is -0.252. The Bertz CT molecular complexity index is 380. The minimum Gasteiger partial charge on any atom is -0.457 e. The summed E-state index contributed by atoms with van der Waals surface area (Å²) in [7, 11) is 0. The molecule has 0 radical (unpaired) electrons. The third-order valence-electron chi connectivity index (χ3n) is 3.92. The Labute approximate surface area is 112 Å². The van der Waals surface area contributed by atoms with Crippen LogP contribution in [0.1, 0.15) is 27.2 Å². The zero-order valence-electron chi connectivity index (χ0n) is 11.5. The third kappa shape index (κ3) is 2.16. The van der Waals surface area contributed by atoms with Crippen LogP contribution in [-0.4, -0.2) is 59.2 Å². The number of cyclic esters (lactones) is 1. The number of hydrogen-bond acceptors (Lipinski definition) is 6. The van der Waals surface area contributed by atoms with Crippen molar-refractivity contribution in [2.45, 2.75) is 57.1 Å². The van der Waals surface area contributed by atoms with Gasteiger partial charge in [-0.2, -0.15) is 5.06 Å². The van der Waals surface area contributed by atoms with E-state index in [2.05, 4.69) is 0 Å². The van der Waals surface area contributed by atoms with Crippen molar-refractivity contribution in [3.8, 4) is 0 Å². The molecule has 0 aromatic heterocycles. The summed E-state index contributed by atoms with van der Waals surface area (Å²) >= 11 is 0. The number of esters is 1. The second-order valence-electron chi connectivity index (χ2n) is 6.44. The number of aliphatic hydroxyl groups is 1. The van der Waals surface area contributed by atoms with Gasteiger partial charge < -0.3 is 14.6 Å². The molecule has 3 fully saturated rings. The van der Waals surface area contributed by atoms with E-state index in [0.717, 1.165) is 13.0 Å². The zero-order valence-corrected chi connectivity index (χ0v) is 11.5. The maximum atomic E-state index is 12.0. The lowest BCUT2D eigenvalue weighted by Crippen LogP contribution is -2.41. The summed E-state index contributed by atoms with van der Waals surface area (Å²) in [5.74, 6) is -0.618. The van der Waals surface area contributed by atoms with Crippen LogP contribution in [0, 0.1) is 5.92 Å². The molecular formula is C13H21NO5. The highest BCUT2D eigenvalue weighted by molar-refractivity contribution is 5.77. The average molecular weight is 271 g/mol. The lowest BCUT2D eigenvalue weighted by molar-refractivity contribution is -0.188. The van der Waals surface area contributed by atoms with Crippen LogP contribution in [0.2, 0.25) is 0 Å². The van der Waals surface area contributed by atoms with Gasteiger partial charge in [0.15, 0.2) is 6.10 Å². The smallest absolute Gasteiger partial charge is 0.314 e. The van der Waals surface area contributed by atoms with Crippen LogP contribution in [0.3, 0.4) is 0 Å². The molecular weight excluding hydrogens is 250 g/mol. The molecule has 5 atom stereocenters. The van der Waals surface area contributed by atoms with Crippen LogP contribution in [0.4, 0.5) is 0 Å². The van der Waals surface area contributed by atoms with Gasteiger partial charge in [-0.1, -0.05) is 0 Å². The minimum absolute atomic E-state index is 0.0278. The summed E-state index contributed by atoms with van der Waals surface area (Å²) in [6.07, 6.45) is -0.0883. The Morgan fingerprint density at radius 1 is 1.47 bits per heavy atom. The fourth-order valence-electron chi connectivity index (χ4n) is 3.30. The normalized spacial score (nSPS) is 42.3. The summed E-state index contributed by atoms with van der Waals surface area (Å²) in [4.78, 5) is 17.8. The SMILES string of the molecule is CC(C)(C)O[C@H]1CCN2O[C@@H]3[C@@H](C(=O)O[C@H]3CO)[C@H]12. The van der Waals surface area contributed by atoms with E-state index in [9.17, 15) is 9.90 Å². The molecule has 6 heteroatoms. The van der Waals surface area contributed by atoms with Crippen molar-refractivity contribution in [1.29, 1.82) is 0 Å². The van der Waals surface area contributed by atoms with Crippen LogP contribution in [0.25, 0.3) is 0 Å². The molecule has 0 aromatic rings. The Balaban J connectivity index is 1.79. The number of ether oxygens (including phenoxy) is 2. The van der Waals surface area contributed by atoms with Gasteiger partial charge >= 0.3 is 5.97 Å². The van der Waals surface area contributed by atoms with Crippen LogP contribution in [0.15, 0.2) is 0 Å². The van der Waals surface area contributed by atoms with Gasteiger partial charge in [0.2, 0.25) is 0 Å². The van der Waals surface area contributed by atoms with E-state index < -0.39 is 6.10 Å². The van der Waals surface area contributed by atoms with Crippen molar-refractivity contribution >= 4 is 5.97 Å². The predicted octanol–water partition coefficient (Wildman–Crippen LogP) is 0.0921. The van der Waals surface area contributed by atoms with Crippen LogP contribution in [0.5, 0.6) is 0 Å². The maximum absolute atomic E-state index is 12.0. The molecule has 3 aliphatic rings. The molecule has 0 bridgehead atoms.